The molecule has 0 atom stereocenters. The molecule has 0 spiro atoms. The first-order valence-electron chi connectivity index (χ1n) is 10.7. The average Bonchev–Trinajstić information content (AvgIpc) is 3.12. The Labute approximate surface area is 227 Å². The van der Waals surface area contributed by atoms with Gasteiger partial charge in [0.25, 0.3) is 11.1 Å². The fraction of sp³-hybridized carbons (Fsp3) is 0.154. The number of carbonyl (C=O) groups is 2. The summed E-state index contributed by atoms with van der Waals surface area (Å²) in [4.78, 5) is 26.8. The molecule has 2 amide bonds. The Morgan fingerprint density at radius 1 is 0.917 bits per heavy atom. The standard InChI is InChI=1S/C26H20Cl3NO5S/c1-33-22-10-5-16(13-23(22)35-15-19-20(28)3-2-4-21(19)29)14-24-25(31)30(26(32)36-24)11-12-34-18-8-6-17(27)7-9-18/h2-10,13-14H,11-12,15H2,1H3/b24-14-. The number of benzene rings is 3. The van der Waals surface area contributed by atoms with Gasteiger partial charge in [0.1, 0.15) is 19.0 Å². The van der Waals surface area contributed by atoms with Gasteiger partial charge in [-0.25, -0.2) is 0 Å². The molecule has 6 nitrogen and oxygen atoms in total. The molecule has 0 aromatic heterocycles. The van der Waals surface area contributed by atoms with Gasteiger partial charge in [-0.05, 0) is 71.9 Å². The molecule has 186 valence electrons. The highest BCUT2D eigenvalue weighted by Gasteiger charge is 2.34. The third kappa shape index (κ3) is 6.28. The summed E-state index contributed by atoms with van der Waals surface area (Å²) in [5, 5.41) is 1.22. The van der Waals surface area contributed by atoms with Crippen LogP contribution in [0.25, 0.3) is 6.08 Å². The van der Waals surface area contributed by atoms with Crippen LogP contribution in [0.15, 0.2) is 65.6 Å². The van der Waals surface area contributed by atoms with Gasteiger partial charge < -0.3 is 14.2 Å². The molecule has 10 heteroatoms. The van der Waals surface area contributed by atoms with Crippen LogP contribution in [0.2, 0.25) is 15.1 Å². The summed E-state index contributed by atoms with van der Waals surface area (Å²) in [5.74, 6) is 1.16. The first kappa shape index (κ1) is 26.2. The number of hydrogen-bond acceptors (Lipinski definition) is 6. The van der Waals surface area contributed by atoms with Crippen molar-refractivity contribution < 1.29 is 23.8 Å². The van der Waals surface area contributed by atoms with Gasteiger partial charge in [-0.2, -0.15) is 0 Å². The molecule has 0 radical (unpaired) electrons. The van der Waals surface area contributed by atoms with Gasteiger partial charge in [0, 0.05) is 20.6 Å². The maximum absolute atomic E-state index is 12.9. The first-order valence-corrected chi connectivity index (χ1v) is 12.7. The zero-order valence-corrected chi connectivity index (χ0v) is 22.1. The van der Waals surface area contributed by atoms with Crippen LogP contribution in [-0.2, 0) is 11.4 Å². The van der Waals surface area contributed by atoms with E-state index in [1.165, 1.54) is 7.11 Å². The Balaban J connectivity index is 1.44. The topological polar surface area (TPSA) is 65.1 Å². The SMILES string of the molecule is COc1ccc(/C=C2\SC(=O)N(CCOc3ccc(Cl)cc3)C2=O)cc1OCc1c(Cl)cccc1Cl. The highest BCUT2D eigenvalue weighted by atomic mass is 35.5. The van der Waals surface area contributed by atoms with E-state index in [1.807, 2.05) is 0 Å². The van der Waals surface area contributed by atoms with Crippen LogP contribution in [-0.4, -0.2) is 36.3 Å². The first-order chi connectivity index (χ1) is 17.4. The van der Waals surface area contributed by atoms with Crippen LogP contribution < -0.4 is 14.2 Å². The molecule has 36 heavy (non-hydrogen) atoms. The number of halogens is 3. The van der Waals surface area contributed by atoms with Crippen LogP contribution >= 0.6 is 46.6 Å². The number of thioether (sulfide) groups is 1. The summed E-state index contributed by atoms with van der Waals surface area (Å²) >= 11 is 19.2. The zero-order chi connectivity index (χ0) is 25.7. The quantitative estimate of drug-likeness (QED) is 0.253. The van der Waals surface area contributed by atoms with Gasteiger partial charge in [-0.1, -0.05) is 46.9 Å². The van der Waals surface area contributed by atoms with Crippen molar-refractivity contribution in [3.63, 3.8) is 0 Å². The molecule has 1 saturated heterocycles. The fourth-order valence-electron chi connectivity index (χ4n) is 3.35. The number of nitrogens with zero attached hydrogens (tertiary/aromatic N) is 1. The number of rotatable bonds is 9. The molecule has 0 aliphatic carbocycles. The zero-order valence-electron chi connectivity index (χ0n) is 19.0. The maximum Gasteiger partial charge on any atom is 0.293 e. The lowest BCUT2D eigenvalue weighted by atomic mass is 10.1. The van der Waals surface area contributed by atoms with Crippen LogP contribution in [0.4, 0.5) is 4.79 Å². The minimum atomic E-state index is -0.383. The molecular formula is C26H20Cl3NO5S. The van der Waals surface area contributed by atoms with Crippen molar-refractivity contribution in [2.75, 3.05) is 20.3 Å². The number of carbonyl (C=O) groups excluding carboxylic acids is 2. The third-order valence-corrected chi connectivity index (χ3v) is 7.06. The molecule has 3 aromatic carbocycles. The van der Waals surface area contributed by atoms with Gasteiger partial charge in [0.2, 0.25) is 0 Å². The monoisotopic (exact) mass is 563 g/mol. The average molecular weight is 565 g/mol. The largest absolute Gasteiger partial charge is 0.493 e. The van der Waals surface area contributed by atoms with E-state index in [-0.39, 0.29) is 30.9 Å². The van der Waals surface area contributed by atoms with Crippen LogP contribution in [0, 0.1) is 0 Å². The summed E-state index contributed by atoms with van der Waals surface area (Å²) in [6, 6.07) is 17.3. The highest BCUT2D eigenvalue weighted by Crippen LogP contribution is 2.35. The van der Waals surface area contributed by atoms with E-state index in [0.29, 0.717) is 48.3 Å². The Morgan fingerprint density at radius 3 is 2.33 bits per heavy atom. The van der Waals surface area contributed by atoms with Gasteiger partial charge in [0.15, 0.2) is 11.5 Å². The third-order valence-electron chi connectivity index (χ3n) is 5.19. The molecule has 0 bridgehead atoms. The van der Waals surface area contributed by atoms with E-state index in [0.717, 1.165) is 16.7 Å². The van der Waals surface area contributed by atoms with Gasteiger partial charge in [-0.3, -0.25) is 14.5 Å². The van der Waals surface area contributed by atoms with E-state index in [9.17, 15) is 9.59 Å². The van der Waals surface area contributed by atoms with Crippen LogP contribution in [0.1, 0.15) is 11.1 Å². The number of imide groups is 1. The van der Waals surface area contributed by atoms with E-state index in [4.69, 9.17) is 49.0 Å². The Bertz CT molecular complexity index is 1290. The summed E-state index contributed by atoms with van der Waals surface area (Å²) < 4.78 is 16.9. The van der Waals surface area contributed by atoms with Gasteiger partial charge in [0.05, 0.1) is 18.6 Å². The molecule has 1 aliphatic heterocycles. The minimum absolute atomic E-state index is 0.125. The van der Waals surface area contributed by atoms with Gasteiger partial charge in [-0.15, -0.1) is 0 Å². The molecule has 3 aromatic rings. The fourth-order valence-corrected chi connectivity index (χ4v) is 4.84. The predicted molar refractivity (Wildman–Crippen MR) is 143 cm³/mol. The molecule has 0 N–H and O–H groups in total. The summed E-state index contributed by atoms with van der Waals surface area (Å²) in [5.41, 5.74) is 1.31. The molecule has 4 rings (SSSR count). The van der Waals surface area contributed by atoms with E-state index >= 15 is 0 Å². The molecule has 0 unspecified atom stereocenters. The second kappa shape index (κ2) is 11.9. The van der Waals surface area contributed by atoms with E-state index in [1.54, 1.807) is 66.7 Å². The minimum Gasteiger partial charge on any atom is -0.493 e. The lowest BCUT2D eigenvalue weighted by Gasteiger charge is -2.14. The molecule has 1 fully saturated rings. The Hall–Kier alpha value is -2.84. The summed E-state index contributed by atoms with van der Waals surface area (Å²) in [7, 11) is 1.53. The Kier molecular flexibility index (Phi) is 8.69. The van der Waals surface area contributed by atoms with E-state index < -0.39 is 0 Å². The van der Waals surface area contributed by atoms with Crippen LogP contribution in [0.5, 0.6) is 17.2 Å². The predicted octanol–water partition coefficient (Wildman–Crippen LogP) is 7.35. The molecule has 1 aliphatic rings. The second-order valence-electron chi connectivity index (χ2n) is 7.53. The van der Waals surface area contributed by atoms with E-state index in [2.05, 4.69) is 0 Å². The normalized spacial score (nSPS) is 14.4. The number of ether oxygens (including phenoxy) is 3. The second-order valence-corrected chi connectivity index (χ2v) is 9.78. The lowest BCUT2D eigenvalue weighted by molar-refractivity contribution is -0.123. The van der Waals surface area contributed by atoms with Crippen molar-refractivity contribution in [2.24, 2.45) is 0 Å². The van der Waals surface area contributed by atoms with Crippen LogP contribution in [0.3, 0.4) is 0 Å². The Morgan fingerprint density at radius 2 is 1.64 bits per heavy atom. The molecule has 0 saturated carbocycles. The number of methoxy groups -OCH3 is 1. The lowest BCUT2D eigenvalue weighted by Crippen LogP contribution is -2.32. The highest BCUT2D eigenvalue weighted by molar-refractivity contribution is 8.18. The molecular weight excluding hydrogens is 545 g/mol. The molecule has 1 heterocycles. The smallest absolute Gasteiger partial charge is 0.293 e. The van der Waals surface area contributed by atoms with Crippen molar-refractivity contribution in [1.29, 1.82) is 0 Å². The number of hydrogen-bond donors (Lipinski definition) is 0. The van der Waals surface area contributed by atoms with Crippen molar-refractivity contribution in [3.05, 3.63) is 91.8 Å². The van der Waals surface area contributed by atoms with Crippen molar-refractivity contribution >= 4 is 63.8 Å². The van der Waals surface area contributed by atoms with Crippen molar-refractivity contribution in [2.45, 2.75) is 6.61 Å². The summed E-state index contributed by atoms with van der Waals surface area (Å²) in [6.45, 7) is 0.417. The van der Waals surface area contributed by atoms with Crippen molar-refractivity contribution in [3.8, 4) is 17.2 Å². The maximum atomic E-state index is 12.9. The number of amides is 2. The van der Waals surface area contributed by atoms with Crippen molar-refractivity contribution in [1.82, 2.24) is 4.90 Å². The summed E-state index contributed by atoms with van der Waals surface area (Å²) in [6.07, 6.45) is 1.64. The van der Waals surface area contributed by atoms with Gasteiger partial charge >= 0.3 is 0 Å².